The Kier molecular flexibility index (Phi) is 12.6. The van der Waals surface area contributed by atoms with Crippen LogP contribution in [0.5, 0.6) is 0 Å². The van der Waals surface area contributed by atoms with Gasteiger partial charge in [-0.25, -0.2) is 0 Å². The minimum atomic E-state index is -1.03. The van der Waals surface area contributed by atoms with Gasteiger partial charge in [0.05, 0.1) is 41.2 Å². The van der Waals surface area contributed by atoms with Gasteiger partial charge in [0, 0.05) is 31.9 Å². The second kappa shape index (κ2) is 15.4. The van der Waals surface area contributed by atoms with Gasteiger partial charge in [-0.15, -0.1) is 0 Å². The summed E-state index contributed by atoms with van der Waals surface area (Å²) < 4.78 is 45.0. The first-order valence-electron chi connectivity index (χ1n) is 18.4. The van der Waals surface area contributed by atoms with Gasteiger partial charge < -0.3 is 48.3 Å². The number of likely N-dealkylation sites (N-methyl/N-ethyl adjacent to an activating group) is 1. The van der Waals surface area contributed by atoms with Crippen LogP contribution in [-0.4, -0.2) is 121 Å². The van der Waals surface area contributed by atoms with Gasteiger partial charge in [0.15, 0.2) is 18.4 Å². The Morgan fingerprint density at radius 1 is 0.980 bits per heavy atom. The molecule has 0 radical (unpaired) electrons. The zero-order chi connectivity index (χ0) is 37.7. The molecule has 12 nitrogen and oxygen atoms in total. The topological polar surface area (TPSA) is 142 Å². The summed E-state index contributed by atoms with van der Waals surface area (Å²) in [5.74, 6) is -2.04. The molecule has 0 saturated carbocycles. The summed E-state index contributed by atoms with van der Waals surface area (Å²) in [5, 5.41) is 22.5. The van der Waals surface area contributed by atoms with E-state index in [9.17, 15) is 19.8 Å². The van der Waals surface area contributed by atoms with Crippen LogP contribution in [0.25, 0.3) is 0 Å². The summed E-state index contributed by atoms with van der Waals surface area (Å²) in [6.45, 7) is 20.5. The summed E-state index contributed by atoms with van der Waals surface area (Å²) in [6.07, 6.45) is -5.20. The third-order valence-corrected chi connectivity index (χ3v) is 12.0. The van der Waals surface area contributed by atoms with Gasteiger partial charge in [0.1, 0.15) is 35.8 Å². The highest BCUT2D eigenvalue weighted by molar-refractivity contribution is 5.89. The third-order valence-electron chi connectivity index (χ3n) is 12.0. The molecule has 288 valence electrons. The van der Waals surface area contributed by atoms with Gasteiger partial charge in [0.25, 0.3) is 0 Å². The molecule has 3 saturated heterocycles. The molecule has 15 atom stereocenters. The van der Waals surface area contributed by atoms with Gasteiger partial charge in [0.2, 0.25) is 0 Å². The van der Waals surface area contributed by atoms with E-state index in [-0.39, 0.29) is 24.3 Å². The lowest BCUT2D eigenvalue weighted by atomic mass is 9.75. The molecule has 0 spiro atoms. The first-order valence-corrected chi connectivity index (χ1v) is 18.4. The number of ketones is 1. The molecule has 4 aliphatic heterocycles. The summed E-state index contributed by atoms with van der Waals surface area (Å²) in [4.78, 5) is 30.4. The molecular weight excluding hydrogens is 646 g/mol. The van der Waals surface area contributed by atoms with Crippen LogP contribution in [0.1, 0.15) is 102 Å². The van der Waals surface area contributed by atoms with Crippen molar-refractivity contribution < 1.29 is 53.0 Å². The fourth-order valence-electron chi connectivity index (χ4n) is 8.83. The van der Waals surface area contributed by atoms with Crippen LogP contribution in [0.15, 0.2) is 11.3 Å². The Labute approximate surface area is 299 Å². The highest BCUT2D eigenvalue weighted by Gasteiger charge is 2.55. The monoisotopic (exact) mass is 711 g/mol. The van der Waals surface area contributed by atoms with E-state index in [4.69, 9.17) is 33.2 Å². The fraction of sp³-hybridized carbons (Fsp3) is 0.895. The number of aliphatic hydroxyl groups is 2. The van der Waals surface area contributed by atoms with E-state index in [1.807, 2.05) is 81.3 Å². The maximum Gasteiger partial charge on any atom is 0.311 e. The number of esters is 1. The highest BCUT2D eigenvalue weighted by atomic mass is 16.7. The van der Waals surface area contributed by atoms with E-state index >= 15 is 0 Å². The number of nitrogens with zero attached hydrogens (tertiary/aromatic N) is 1. The molecule has 0 aliphatic carbocycles. The SMILES string of the molecule is CCC1OC(=O)C(C)C(OC2C[C@@](C)(OC)[C@@H](O)C(C)O2)C(C)[C@@H](OC2OC(C)CC(N(C)C)[C@H]2O)C2(C)CC(C)=C(O2)[C@H](C)C(=O)C1(C)C. The standard InChI is InChI=1S/C38H65NO11/c1-15-26-36(8,9)31(41)21(4)29-19(2)17-38(11,50-29)33(49-35-28(40)25(39(12)13)16-20(3)45-35)22(5)30(23(6)34(43)47-26)48-27-18-37(10,44-14)32(42)24(7)46-27/h20-28,30,32-33,35,40,42H,15-18H2,1-14H3/t20?,21-,22?,23?,24?,25?,26?,27?,28+,30?,32-,33+,35?,37+,38?/m0/s1. The van der Waals surface area contributed by atoms with Crippen molar-refractivity contribution >= 4 is 11.8 Å². The zero-order valence-electron chi connectivity index (χ0n) is 32.8. The largest absolute Gasteiger partial charge is 0.488 e. The Bertz CT molecular complexity index is 1250. The van der Waals surface area contributed by atoms with Crippen molar-refractivity contribution in [1.82, 2.24) is 4.90 Å². The molecular formula is C38H65NO11. The Morgan fingerprint density at radius 2 is 1.62 bits per heavy atom. The molecule has 3 fully saturated rings. The fourth-order valence-corrected chi connectivity index (χ4v) is 8.83. The van der Waals surface area contributed by atoms with E-state index in [0.717, 1.165) is 5.57 Å². The number of carbonyl (C=O) groups is 2. The summed E-state index contributed by atoms with van der Waals surface area (Å²) in [5.41, 5.74) is -2.08. The second-order valence-electron chi connectivity index (χ2n) is 16.7. The minimum Gasteiger partial charge on any atom is -0.488 e. The summed E-state index contributed by atoms with van der Waals surface area (Å²) >= 11 is 0. The normalized spacial score (nSPS) is 46.1. The Balaban J connectivity index is 1.84. The van der Waals surface area contributed by atoms with E-state index in [0.29, 0.717) is 25.0 Å². The molecule has 12 heteroatoms. The molecule has 10 unspecified atom stereocenters. The van der Waals surface area contributed by atoms with E-state index in [1.54, 1.807) is 21.0 Å². The van der Waals surface area contributed by atoms with Crippen LogP contribution in [0.3, 0.4) is 0 Å². The van der Waals surface area contributed by atoms with Gasteiger partial charge in [-0.1, -0.05) is 13.8 Å². The number of hydrogen-bond donors (Lipinski definition) is 2. The van der Waals surface area contributed by atoms with Crippen molar-refractivity contribution in [1.29, 1.82) is 0 Å². The van der Waals surface area contributed by atoms with Crippen LogP contribution >= 0.6 is 0 Å². The lowest BCUT2D eigenvalue weighted by Crippen LogP contribution is -2.60. The number of allylic oxidation sites excluding steroid dienone is 1. The number of fused-ring (bicyclic) bond motifs is 2. The summed E-state index contributed by atoms with van der Waals surface area (Å²) in [6, 6.07) is -0.219. The number of hydrogen-bond acceptors (Lipinski definition) is 12. The minimum absolute atomic E-state index is 0.0864. The van der Waals surface area contributed by atoms with Gasteiger partial charge in [-0.3, -0.25) is 9.59 Å². The molecule has 2 N–H and O–H groups in total. The lowest BCUT2D eigenvalue weighted by molar-refractivity contribution is -0.316. The molecule has 4 rings (SSSR count). The van der Waals surface area contributed by atoms with Crippen LogP contribution in [0.4, 0.5) is 0 Å². The number of aliphatic hydroxyl groups excluding tert-OH is 2. The van der Waals surface area contributed by atoms with Crippen molar-refractivity contribution in [3.8, 4) is 0 Å². The van der Waals surface area contributed by atoms with E-state index in [1.165, 1.54) is 0 Å². The quantitative estimate of drug-likeness (QED) is 0.362. The Hall–Kier alpha value is -1.64. The predicted molar refractivity (Wildman–Crippen MR) is 186 cm³/mol. The molecule has 0 aromatic rings. The average molecular weight is 712 g/mol. The molecule has 50 heavy (non-hydrogen) atoms. The predicted octanol–water partition coefficient (Wildman–Crippen LogP) is 4.38. The van der Waals surface area contributed by atoms with Crippen molar-refractivity contribution in [2.24, 2.45) is 23.2 Å². The first kappa shape index (κ1) is 41.1. The maximum absolute atomic E-state index is 14.2. The van der Waals surface area contributed by atoms with Gasteiger partial charge >= 0.3 is 5.97 Å². The molecule has 0 aromatic carbocycles. The maximum atomic E-state index is 14.2. The number of rotatable bonds is 7. The van der Waals surface area contributed by atoms with Crippen LogP contribution in [0.2, 0.25) is 0 Å². The lowest BCUT2D eigenvalue weighted by Gasteiger charge is -2.48. The number of carbonyl (C=O) groups excluding carboxylic acids is 2. The highest BCUT2D eigenvalue weighted by Crippen LogP contribution is 2.47. The molecule has 0 aromatic heterocycles. The molecule has 0 amide bonds. The van der Waals surface area contributed by atoms with Gasteiger partial charge in [-0.05, 0) is 94.8 Å². The van der Waals surface area contributed by atoms with Gasteiger partial charge in [-0.2, -0.15) is 0 Å². The smallest absolute Gasteiger partial charge is 0.311 e. The summed E-state index contributed by atoms with van der Waals surface area (Å²) in [7, 11) is 5.38. The van der Waals surface area contributed by atoms with Crippen molar-refractivity contribution in [2.75, 3.05) is 21.2 Å². The number of Topliss-reactive ketones (excluding diaryl/α,β-unsaturated/α-hetero) is 1. The van der Waals surface area contributed by atoms with Crippen molar-refractivity contribution in [2.45, 2.75) is 174 Å². The van der Waals surface area contributed by atoms with Crippen LogP contribution < -0.4 is 0 Å². The second-order valence-corrected chi connectivity index (χ2v) is 16.7. The van der Waals surface area contributed by atoms with Crippen molar-refractivity contribution in [3.05, 3.63) is 11.3 Å². The van der Waals surface area contributed by atoms with Crippen LogP contribution in [-0.2, 0) is 42.7 Å². The van der Waals surface area contributed by atoms with Crippen molar-refractivity contribution in [3.63, 3.8) is 0 Å². The molecule has 4 aliphatic rings. The first-order chi connectivity index (χ1) is 23.1. The molecule has 4 heterocycles. The number of cyclic esters (lactones) is 1. The average Bonchev–Trinajstić information content (AvgIpc) is 3.37. The number of ether oxygens (including phenoxy) is 7. The third kappa shape index (κ3) is 7.83. The zero-order valence-corrected chi connectivity index (χ0v) is 32.8. The van der Waals surface area contributed by atoms with Crippen LogP contribution in [0, 0.1) is 23.2 Å². The Morgan fingerprint density at radius 3 is 2.20 bits per heavy atom. The van der Waals surface area contributed by atoms with E-state index in [2.05, 4.69) is 0 Å². The van der Waals surface area contributed by atoms with E-state index < -0.39 is 89.5 Å². The number of methoxy groups -OCH3 is 1. The molecule has 2 bridgehead atoms.